The van der Waals surface area contributed by atoms with Crippen molar-refractivity contribution in [2.75, 3.05) is 13.7 Å². The van der Waals surface area contributed by atoms with Crippen molar-refractivity contribution in [3.8, 4) is 5.75 Å². The quantitative estimate of drug-likeness (QED) is 0.851. The smallest absolute Gasteiger partial charge is 0.221 e. The molecule has 4 heteroatoms. The van der Waals surface area contributed by atoms with Gasteiger partial charge in [-0.2, -0.15) is 0 Å². The first-order valence-electron chi connectivity index (χ1n) is 6.91. The Kier molecular flexibility index (Phi) is 5.21. The summed E-state index contributed by atoms with van der Waals surface area (Å²) in [4.78, 5) is 11.9. The fraction of sp³-hybridized carbons (Fsp3) is 0.533. The molecule has 1 aliphatic heterocycles. The molecule has 1 unspecified atom stereocenters. The Balaban J connectivity index is 1.79. The first kappa shape index (κ1) is 13.9. The summed E-state index contributed by atoms with van der Waals surface area (Å²) < 4.78 is 5.26. The summed E-state index contributed by atoms with van der Waals surface area (Å²) in [5.41, 5.74) is 1.01. The number of ether oxygens (including phenoxy) is 1. The molecule has 1 aliphatic rings. The second-order valence-electron chi connectivity index (χ2n) is 4.94. The first-order chi connectivity index (χ1) is 9.29. The molecule has 104 valence electrons. The van der Waals surface area contributed by atoms with Gasteiger partial charge in [0.2, 0.25) is 5.91 Å². The van der Waals surface area contributed by atoms with Crippen LogP contribution >= 0.6 is 0 Å². The van der Waals surface area contributed by atoms with Crippen LogP contribution in [0.2, 0.25) is 0 Å². The predicted molar refractivity (Wildman–Crippen MR) is 75.1 cm³/mol. The number of nitrogens with one attached hydrogen (secondary N) is 2. The molecule has 1 aromatic rings. The Morgan fingerprint density at radius 1 is 1.42 bits per heavy atom. The van der Waals surface area contributed by atoms with Crippen LogP contribution in [0.1, 0.15) is 31.2 Å². The lowest BCUT2D eigenvalue weighted by molar-refractivity contribution is -0.121. The zero-order chi connectivity index (χ0) is 13.5. The van der Waals surface area contributed by atoms with Crippen LogP contribution in [0.3, 0.4) is 0 Å². The van der Waals surface area contributed by atoms with Crippen LogP contribution in [-0.4, -0.2) is 25.6 Å². The molecule has 0 spiro atoms. The largest absolute Gasteiger partial charge is 0.496 e. The van der Waals surface area contributed by atoms with E-state index in [0.29, 0.717) is 19.0 Å². The fourth-order valence-corrected chi connectivity index (χ4v) is 2.44. The van der Waals surface area contributed by atoms with Crippen molar-refractivity contribution < 1.29 is 9.53 Å². The lowest BCUT2D eigenvalue weighted by atomic mass is 10.0. The average Bonchev–Trinajstić information content (AvgIpc) is 2.46. The third-order valence-corrected chi connectivity index (χ3v) is 3.51. The Morgan fingerprint density at radius 3 is 3.00 bits per heavy atom. The molecule has 2 rings (SSSR count). The van der Waals surface area contributed by atoms with E-state index in [0.717, 1.165) is 24.3 Å². The molecule has 1 saturated heterocycles. The number of carbonyl (C=O) groups is 1. The van der Waals surface area contributed by atoms with Crippen LogP contribution in [0.4, 0.5) is 0 Å². The van der Waals surface area contributed by atoms with E-state index in [9.17, 15) is 4.79 Å². The summed E-state index contributed by atoms with van der Waals surface area (Å²) in [6.07, 6.45) is 4.11. The maximum Gasteiger partial charge on any atom is 0.221 e. The van der Waals surface area contributed by atoms with Gasteiger partial charge in [-0.25, -0.2) is 0 Å². The van der Waals surface area contributed by atoms with E-state index in [1.807, 2.05) is 24.3 Å². The average molecular weight is 262 g/mol. The van der Waals surface area contributed by atoms with E-state index < -0.39 is 0 Å². The van der Waals surface area contributed by atoms with Crippen molar-refractivity contribution in [3.05, 3.63) is 29.8 Å². The molecule has 1 aromatic carbocycles. The van der Waals surface area contributed by atoms with E-state index in [4.69, 9.17) is 4.74 Å². The Hall–Kier alpha value is -1.55. The summed E-state index contributed by atoms with van der Waals surface area (Å²) in [6.45, 7) is 1.56. The molecule has 0 bridgehead atoms. The normalized spacial score (nSPS) is 18.9. The second kappa shape index (κ2) is 7.14. The van der Waals surface area contributed by atoms with Gasteiger partial charge in [0.15, 0.2) is 0 Å². The number of methoxy groups -OCH3 is 1. The lowest BCUT2D eigenvalue weighted by Crippen LogP contribution is -2.38. The zero-order valence-corrected chi connectivity index (χ0v) is 11.4. The third-order valence-electron chi connectivity index (χ3n) is 3.51. The van der Waals surface area contributed by atoms with Crippen LogP contribution in [0.25, 0.3) is 0 Å². The molecule has 19 heavy (non-hydrogen) atoms. The number of para-hydroxylation sites is 1. The molecular formula is C15H22N2O2. The van der Waals surface area contributed by atoms with Gasteiger partial charge in [0.25, 0.3) is 0 Å². The minimum atomic E-state index is 0.102. The van der Waals surface area contributed by atoms with Crippen molar-refractivity contribution in [2.45, 2.75) is 38.3 Å². The van der Waals surface area contributed by atoms with Gasteiger partial charge in [-0.05, 0) is 25.5 Å². The van der Waals surface area contributed by atoms with E-state index in [1.54, 1.807) is 7.11 Å². The summed E-state index contributed by atoms with van der Waals surface area (Å²) >= 11 is 0. The van der Waals surface area contributed by atoms with Crippen molar-refractivity contribution in [1.82, 2.24) is 10.6 Å². The number of hydrogen-bond donors (Lipinski definition) is 2. The fourth-order valence-electron chi connectivity index (χ4n) is 2.44. The van der Waals surface area contributed by atoms with Crippen LogP contribution in [-0.2, 0) is 11.3 Å². The maximum atomic E-state index is 11.9. The molecule has 1 fully saturated rings. The van der Waals surface area contributed by atoms with Gasteiger partial charge >= 0.3 is 0 Å². The van der Waals surface area contributed by atoms with Gasteiger partial charge in [0.05, 0.1) is 7.11 Å². The number of rotatable bonds is 5. The SMILES string of the molecule is COc1ccccc1CNC(=O)CC1CCCCN1. The van der Waals surface area contributed by atoms with Gasteiger partial charge in [-0.1, -0.05) is 24.6 Å². The highest BCUT2D eigenvalue weighted by atomic mass is 16.5. The van der Waals surface area contributed by atoms with Gasteiger partial charge < -0.3 is 15.4 Å². The molecule has 1 atom stereocenters. The van der Waals surface area contributed by atoms with E-state index in [1.165, 1.54) is 12.8 Å². The monoisotopic (exact) mass is 262 g/mol. The van der Waals surface area contributed by atoms with Crippen molar-refractivity contribution in [3.63, 3.8) is 0 Å². The highest BCUT2D eigenvalue weighted by Gasteiger charge is 2.16. The topological polar surface area (TPSA) is 50.4 Å². The molecule has 0 saturated carbocycles. The Labute approximate surface area is 114 Å². The van der Waals surface area contributed by atoms with Crippen LogP contribution in [0.5, 0.6) is 5.75 Å². The first-order valence-corrected chi connectivity index (χ1v) is 6.91. The molecule has 0 aliphatic carbocycles. The molecular weight excluding hydrogens is 240 g/mol. The zero-order valence-electron chi connectivity index (χ0n) is 11.4. The van der Waals surface area contributed by atoms with Gasteiger partial charge in [-0.15, -0.1) is 0 Å². The summed E-state index contributed by atoms with van der Waals surface area (Å²) in [5.74, 6) is 0.920. The van der Waals surface area contributed by atoms with Crippen LogP contribution in [0, 0.1) is 0 Å². The number of piperidine rings is 1. The minimum Gasteiger partial charge on any atom is -0.496 e. The molecule has 0 aromatic heterocycles. The predicted octanol–water partition coefficient (Wildman–Crippen LogP) is 1.84. The number of carbonyl (C=O) groups excluding carboxylic acids is 1. The molecule has 1 amide bonds. The highest BCUT2D eigenvalue weighted by Crippen LogP contribution is 2.17. The van der Waals surface area contributed by atoms with Crippen molar-refractivity contribution in [1.29, 1.82) is 0 Å². The van der Waals surface area contributed by atoms with Gasteiger partial charge in [0, 0.05) is 24.6 Å². The van der Waals surface area contributed by atoms with E-state index >= 15 is 0 Å². The second-order valence-corrected chi connectivity index (χ2v) is 4.94. The molecule has 2 N–H and O–H groups in total. The molecule has 1 heterocycles. The number of hydrogen-bond acceptors (Lipinski definition) is 3. The van der Waals surface area contributed by atoms with Gasteiger partial charge in [-0.3, -0.25) is 4.79 Å². The van der Waals surface area contributed by atoms with Crippen LogP contribution < -0.4 is 15.4 Å². The highest BCUT2D eigenvalue weighted by molar-refractivity contribution is 5.76. The molecule has 0 radical (unpaired) electrons. The number of benzene rings is 1. The molecule has 4 nitrogen and oxygen atoms in total. The van der Waals surface area contributed by atoms with Crippen molar-refractivity contribution >= 4 is 5.91 Å². The lowest BCUT2D eigenvalue weighted by Gasteiger charge is -2.22. The van der Waals surface area contributed by atoms with Gasteiger partial charge in [0.1, 0.15) is 5.75 Å². The number of amides is 1. The Bertz CT molecular complexity index is 414. The summed E-state index contributed by atoms with van der Waals surface area (Å²) in [7, 11) is 1.65. The maximum absolute atomic E-state index is 11.9. The van der Waals surface area contributed by atoms with E-state index in [-0.39, 0.29) is 5.91 Å². The minimum absolute atomic E-state index is 0.102. The summed E-state index contributed by atoms with van der Waals surface area (Å²) in [6, 6.07) is 8.09. The third kappa shape index (κ3) is 4.24. The van der Waals surface area contributed by atoms with Crippen LogP contribution in [0.15, 0.2) is 24.3 Å². The summed E-state index contributed by atoms with van der Waals surface area (Å²) in [5, 5.41) is 6.35. The Morgan fingerprint density at radius 2 is 2.26 bits per heavy atom. The van der Waals surface area contributed by atoms with Crippen molar-refractivity contribution in [2.24, 2.45) is 0 Å². The standard InChI is InChI=1S/C15H22N2O2/c1-19-14-8-3-2-6-12(14)11-17-15(18)10-13-7-4-5-9-16-13/h2-3,6,8,13,16H,4-5,7,9-11H2,1H3,(H,17,18). The van der Waals surface area contributed by atoms with E-state index in [2.05, 4.69) is 10.6 Å².